The van der Waals surface area contributed by atoms with Crippen LogP contribution in [0.3, 0.4) is 0 Å². The van der Waals surface area contributed by atoms with Gasteiger partial charge in [0.15, 0.2) is 0 Å². The van der Waals surface area contributed by atoms with Crippen LogP contribution in [0.4, 0.5) is 5.69 Å². The molecule has 0 aliphatic carbocycles. The second kappa shape index (κ2) is 4.36. The highest BCUT2D eigenvalue weighted by atomic mass is 16.5. The van der Waals surface area contributed by atoms with Gasteiger partial charge in [0, 0.05) is 0 Å². The van der Waals surface area contributed by atoms with Crippen LogP contribution in [0.5, 0.6) is 5.75 Å². The normalized spacial score (nSPS) is 10.6. The summed E-state index contributed by atoms with van der Waals surface area (Å²) in [6.45, 7) is 9.08. The predicted octanol–water partition coefficient (Wildman–Crippen LogP) is 2.92. The van der Waals surface area contributed by atoms with E-state index < -0.39 is 0 Å². The lowest BCUT2D eigenvalue weighted by molar-refractivity contribution is 0.272. The first-order chi connectivity index (χ1) is 6.50. The number of anilines is 1. The van der Waals surface area contributed by atoms with E-state index in [1.165, 1.54) is 11.1 Å². The molecular formula is C12H19NO. The molecule has 2 nitrogen and oxygen atoms in total. The van der Waals surface area contributed by atoms with Crippen LogP contribution in [0.1, 0.15) is 25.0 Å². The average Bonchev–Trinajstić information content (AvgIpc) is 2.09. The molecule has 0 aromatic heterocycles. The van der Waals surface area contributed by atoms with Gasteiger partial charge in [0.05, 0.1) is 12.3 Å². The molecule has 1 aromatic rings. The highest BCUT2D eigenvalue weighted by Gasteiger charge is 2.04. The lowest BCUT2D eigenvalue weighted by Gasteiger charge is -2.12. The zero-order valence-electron chi connectivity index (χ0n) is 9.42. The van der Waals surface area contributed by atoms with Gasteiger partial charge in [-0.3, -0.25) is 0 Å². The van der Waals surface area contributed by atoms with E-state index in [0.717, 1.165) is 11.4 Å². The first kappa shape index (κ1) is 10.9. The van der Waals surface area contributed by atoms with Gasteiger partial charge in [-0.15, -0.1) is 0 Å². The molecule has 0 saturated heterocycles. The van der Waals surface area contributed by atoms with E-state index in [4.69, 9.17) is 10.5 Å². The molecule has 78 valence electrons. The molecule has 0 aliphatic rings. The largest absolute Gasteiger partial charge is 0.491 e. The van der Waals surface area contributed by atoms with Gasteiger partial charge in [0.25, 0.3) is 0 Å². The number of hydrogen-bond donors (Lipinski definition) is 1. The third-order valence-corrected chi connectivity index (χ3v) is 2.20. The summed E-state index contributed by atoms with van der Waals surface area (Å²) in [4.78, 5) is 0. The molecule has 0 bridgehead atoms. The Labute approximate surface area is 86.1 Å². The van der Waals surface area contributed by atoms with Crippen molar-refractivity contribution in [1.29, 1.82) is 0 Å². The summed E-state index contributed by atoms with van der Waals surface area (Å²) in [6, 6.07) is 3.97. The van der Waals surface area contributed by atoms with Crippen molar-refractivity contribution in [2.24, 2.45) is 5.92 Å². The fraction of sp³-hybridized carbons (Fsp3) is 0.500. The molecule has 1 aromatic carbocycles. The highest BCUT2D eigenvalue weighted by Crippen LogP contribution is 2.25. The Morgan fingerprint density at radius 2 is 1.79 bits per heavy atom. The monoisotopic (exact) mass is 193 g/mol. The van der Waals surface area contributed by atoms with Gasteiger partial charge in [-0.1, -0.05) is 13.8 Å². The molecule has 0 radical (unpaired) electrons. The second-order valence-corrected chi connectivity index (χ2v) is 4.18. The van der Waals surface area contributed by atoms with Crippen molar-refractivity contribution in [1.82, 2.24) is 0 Å². The average molecular weight is 193 g/mol. The molecule has 2 N–H and O–H groups in total. The van der Waals surface area contributed by atoms with Crippen molar-refractivity contribution in [3.8, 4) is 5.75 Å². The summed E-state index contributed by atoms with van der Waals surface area (Å²) >= 11 is 0. The summed E-state index contributed by atoms with van der Waals surface area (Å²) < 4.78 is 5.61. The maximum atomic E-state index is 5.85. The van der Waals surface area contributed by atoms with E-state index in [-0.39, 0.29) is 0 Å². The summed E-state index contributed by atoms with van der Waals surface area (Å²) in [5, 5.41) is 0. The Morgan fingerprint density at radius 1 is 1.21 bits per heavy atom. The van der Waals surface area contributed by atoms with Crippen molar-refractivity contribution in [3.05, 3.63) is 23.3 Å². The minimum Gasteiger partial charge on any atom is -0.491 e. The third-order valence-electron chi connectivity index (χ3n) is 2.20. The van der Waals surface area contributed by atoms with Crippen molar-refractivity contribution >= 4 is 5.69 Å². The van der Waals surface area contributed by atoms with Gasteiger partial charge in [-0.05, 0) is 43.0 Å². The van der Waals surface area contributed by atoms with Gasteiger partial charge in [-0.25, -0.2) is 0 Å². The van der Waals surface area contributed by atoms with Gasteiger partial charge in [-0.2, -0.15) is 0 Å². The number of aryl methyl sites for hydroxylation is 2. The second-order valence-electron chi connectivity index (χ2n) is 4.18. The molecule has 0 unspecified atom stereocenters. The van der Waals surface area contributed by atoms with Crippen LogP contribution < -0.4 is 10.5 Å². The van der Waals surface area contributed by atoms with Gasteiger partial charge < -0.3 is 10.5 Å². The zero-order valence-corrected chi connectivity index (χ0v) is 9.42. The van der Waals surface area contributed by atoms with Crippen LogP contribution in [-0.2, 0) is 0 Å². The van der Waals surface area contributed by atoms with E-state index >= 15 is 0 Å². The lowest BCUT2D eigenvalue weighted by Crippen LogP contribution is -2.06. The van der Waals surface area contributed by atoms with Crippen molar-refractivity contribution < 1.29 is 4.74 Å². The molecule has 0 atom stereocenters. The first-order valence-electron chi connectivity index (χ1n) is 5.00. The quantitative estimate of drug-likeness (QED) is 0.749. The molecule has 0 spiro atoms. The summed E-state index contributed by atoms with van der Waals surface area (Å²) in [5.74, 6) is 1.33. The summed E-state index contributed by atoms with van der Waals surface area (Å²) in [5.41, 5.74) is 9.01. The molecule has 14 heavy (non-hydrogen) atoms. The first-order valence-corrected chi connectivity index (χ1v) is 5.00. The minimum atomic E-state index is 0.524. The molecule has 0 amide bonds. The van der Waals surface area contributed by atoms with E-state index in [0.29, 0.717) is 12.5 Å². The molecule has 0 fully saturated rings. The maximum Gasteiger partial charge on any atom is 0.142 e. The third kappa shape index (κ3) is 2.66. The number of nitrogens with two attached hydrogens (primary N) is 1. The van der Waals surface area contributed by atoms with Crippen molar-refractivity contribution in [2.75, 3.05) is 12.3 Å². The van der Waals surface area contributed by atoms with Crippen LogP contribution in [0, 0.1) is 19.8 Å². The van der Waals surface area contributed by atoms with E-state index in [1.807, 2.05) is 12.1 Å². The van der Waals surface area contributed by atoms with Gasteiger partial charge in [0.2, 0.25) is 0 Å². The number of nitrogen functional groups attached to an aromatic ring is 1. The van der Waals surface area contributed by atoms with Gasteiger partial charge >= 0.3 is 0 Å². The number of hydrogen-bond acceptors (Lipinski definition) is 2. The Hall–Kier alpha value is -1.18. The summed E-state index contributed by atoms with van der Waals surface area (Å²) in [7, 11) is 0. The molecular weight excluding hydrogens is 174 g/mol. The van der Waals surface area contributed by atoms with E-state index in [2.05, 4.69) is 27.7 Å². The fourth-order valence-corrected chi connectivity index (χ4v) is 1.19. The Morgan fingerprint density at radius 3 is 2.36 bits per heavy atom. The van der Waals surface area contributed by atoms with E-state index in [9.17, 15) is 0 Å². The fourth-order valence-electron chi connectivity index (χ4n) is 1.19. The van der Waals surface area contributed by atoms with Crippen LogP contribution in [-0.4, -0.2) is 6.61 Å². The maximum absolute atomic E-state index is 5.85. The Bertz CT molecular complexity index is 318. The molecule has 0 heterocycles. The number of benzene rings is 1. The van der Waals surface area contributed by atoms with Gasteiger partial charge in [0.1, 0.15) is 5.75 Å². The summed E-state index contributed by atoms with van der Waals surface area (Å²) in [6.07, 6.45) is 0. The smallest absolute Gasteiger partial charge is 0.142 e. The zero-order chi connectivity index (χ0) is 10.7. The Kier molecular flexibility index (Phi) is 3.39. The molecule has 1 rings (SSSR count). The van der Waals surface area contributed by atoms with Crippen LogP contribution in [0.25, 0.3) is 0 Å². The van der Waals surface area contributed by atoms with Crippen molar-refractivity contribution in [3.63, 3.8) is 0 Å². The Balaban J connectivity index is 2.82. The van der Waals surface area contributed by atoms with E-state index in [1.54, 1.807) is 0 Å². The SMILES string of the molecule is Cc1cc(N)c(OCC(C)C)cc1C. The van der Waals surface area contributed by atoms with Crippen molar-refractivity contribution in [2.45, 2.75) is 27.7 Å². The lowest BCUT2D eigenvalue weighted by atomic mass is 10.1. The van der Waals surface area contributed by atoms with Crippen LogP contribution in [0.2, 0.25) is 0 Å². The minimum absolute atomic E-state index is 0.524. The predicted molar refractivity (Wildman–Crippen MR) is 60.7 cm³/mol. The molecule has 2 heteroatoms. The molecule has 0 saturated carbocycles. The number of ether oxygens (including phenoxy) is 1. The topological polar surface area (TPSA) is 35.2 Å². The highest BCUT2D eigenvalue weighted by molar-refractivity contribution is 5.56. The molecule has 0 aliphatic heterocycles. The van der Waals surface area contributed by atoms with Crippen LogP contribution in [0.15, 0.2) is 12.1 Å². The standard InChI is InChI=1S/C12H19NO/c1-8(2)7-14-12-6-10(4)9(3)5-11(12)13/h5-6,8H,7,13H2,1-4H3. The van der Waals surface area contributed by atoms with Crippen LogP contribution >= 0.6 is 0 Å². The number of rotatable bonds is 3.